The number of rotatable bonds is 6. The first-order valence-corrected chi connectivity index (χ1v) is 8.37. The first-order chi connectivity index (χ1) is 10.6. The zero-order valence-corrected chi connectivity index (χ0v) is 14.4. The lowest BCUT2D eigenvalue weighted by Crippen LogP contribution is -2.40. The molecule has 1 atom stereocenters. The van der Waals surface area contributed by atoms with E-state index in [1.54, 1.807) is 7.11 Å². The van der Waals surface area contributed by atoms with Crippen molar-refractivity contribution in [2.45, 2.75) is 39.2 Å². The zero-order valence-electron chi connectivity index (χ0n) is 13.6. The summed E-state index contributed by atoms with van der Waals surface area (Å²) in [7, 11) is 1.54. The molecule has 0 radical (unpaired) electrons. The lowest BCUT2D eigenvalue weighted by molar-refractivity contribution is 0.0938. The van der Waals surface area contributed by atoms with E-state index in [2.05, 4.69) is 17.1 Å². The van der Waals surface area contributed by atoms with Gasteiger partial charge in [-0.1, -0.05) is 25.4 Å². The van der Waals surface area contributed by atoms with Crippen LogP contribution in [0.25, 0.3) is 0 Å². The Hall–Kier alpha value is -1.26. The van der Waals surface area contributed by atoms with E-state index in [0.29, 0.717) is 28.9 Å². The number of carbonyl (C=O) groups is 1. The molecule has 0 aliphatic carbocycles. The van der Waals surface area contributed by atoms with Gasteiger partial charge in [-0.3, -0.25) is 9.69 Å². The Kier molecular flexibility index (Phi) is 6.09. The number of aryl methyl sites for hydroxylation is 1. The van der Waals surface area contributed by atoms with Crippen LogP contribution >= 0.6 is 11.6 Å². The Morgan fingerprint density at radius 2 is 2.23 bits per heavy atom. The second-order valence-electron chi connectivity index (χ2n) is 5.65. The van der Waals surface area contributed by atoms with Crippen molar-refractivity contribution < 1.29 is 9.53 Å². The number of likely N-dealkylation sites (tertiary alicyclic amines) is 1. The van der Waals surface area contributed by atoms with Gasteiger partial charge >= 0.3 is 0 Å². The first-order valence-electron chi connectivity index (χ1n) is 7.99. The van der Waals surface area contributed by atoms with Crippen molar-refractivity contribution in [2.75, 3.05) is 26.7 Å². The summed E-state index contributed by atoms with van der Waals surface area (Å²) in [5.41, 5.74) is 1.56. The van der Waals surface area contributed by atoms with Crippen LogP contribution in [0.1, 0.15) is 42.6 Å². The molecule has 2 rings (SSSR count). The monoisotopic (exact) mass is 324 g/mol. The molecule has 0 bridgehead atoms. The molecule has 122 valence electrons. The highest BCUT2D eigenvalue weighted by atomic mass is 35.5. The molecular formula is C17H25ClN2O2. The zero-order chi connectivity index (χ0) is 16.1. The largest absolute Gasteiger partial charge is 0.494 e. The third kappa shape index (κ3) is 3.73. The minimum atomic E-state index is -0.114. The molecule has 0 aromatic heterocycles. The molecule has 1 amide bonds. The summed E-state index contributed by atoms with van der Waals surface area (Å²) in [5, 5.41) is 3.53. The van der Waals surface area contributed by atoms with Gasteiger partial charge in [0.05, 0.1) is 17.7 Å². The number of nitrogens with one attached hydrogen (secondary N) is 1. The predicted molar refractivity (Wildman–Crippen MR) is 90.0 cm³/mol. The van der Waals surface area contributed by atoms with E-state index in [1.165, 1.54) is 6.42 Å². The summed E-state index contributed by atoms with van der Waals surface area (Å²) < 4.78 is 5.31. The standard InChI is InChI=1S/C17H25ClN2O2/c1-4-12-9-14(16(22-3)15(18)10-12)17(21)19-11-13-7-6-8-20(13)5-2/h9-10,13H,4-8,11H2,1-3H3,(H,19,21)/t13-/m0/s1. The number of halogens is 1. The summed E-state index contributed by atoms with van der Waals surface area (Å²) in [5.74, 6) is 0.340. The molecule has 1 aromatic carbocycles. The lowest BCUT2D eigenvalue weighted by Gasteiger charge is -2.23. The van der Waals surface area contributed by atoms with Gasteiger partial charge in [0.1, 0.15) is 5.75 Å². The highest BCUT2D eigenvalue weighted by Gasteiger charge is 2.24. The van der Waals surface area contributed by atoms with Crippen LogP contribution < -0.4 is 10.1 Å². The van der Waals surface area contributed by atoms with Gasteiger partial charge in [-0.05, 0) is 50.0 Å². The summed E-state index contributed by atoms with van der Waals surface area (Å²) in [4.78, 5) is 14.9. The van der Waals surface area contributed by atoms with E-state index in [4.69, 9.17) is 16.3 Å². The average Bonchev–Trinajstić information content (AvgIpc) is 2.99. The number of ether oxygens (including phenoxy) is 1. The molecule has 0 saturated carbocycles. The van der Waals surface area contributed by atoms with Crippen LogP contribution in [0.2, 0.25) is 5.02 Å². The molecule has 0 unspecified atom stereocenters. The third-order valence-corrected chi connectivity index (χ3v) is 4.64. The Morgan fingerprint density at radius 1 is 1.45 bits per heavy atom. The molecule has 1 saturated heterocycles. The number of likely N-dealkylation sites (N-methyl/N-ethyl adjacent to an activating group) is 1. The molecule has 1 fully saturated rings. The molecule has 1 aliphatic heterocycles. The fourth-order valence-corrected chi connectivity index (χ4v) is 3.40. The number of methoxy groups -OCH3 is 1. The fourth-order valence-electron chi connectivity index (χ4n) is 3.08. The van der Waals surface area contributed by atoms with Crippen LogP contribution in [0.4, 0.5) is 0 Å². The molecule has 1 aliphatic rings. The van der Waals surface area contributed by atoms with Crippen LogP contribution in [-0.2, 0) is 6.42 Å². The van der Waals surface area contributed by atoms with Crippen molar-refractivity contribution in [1.82, 2.24) is 10.2 Å². The van der Waals surface area contributed by atoms with E-state index in [9.17, 15) is 4.79 Å². The normalized spacial score (nSPS) is 18.5. The molecular weight excluding hydrogens is 300 g/mol. The highest BCUT2D eigenvalue weighted by molar-refractivity contribution is 6.32. The smallest absolute Gasteiger partial charge is 0.255 e. The van der Waals surface area contributed by atoms with Gasteiger partial charge in [-0.15, -0.1) is 0 Å². The number of benzene rings is 1. The highest BCUT2D eigenvalue weighted by Crippen LogP contribution is 2.30. The molecule has 4 nitrogen and oxygen atoms in total. The van der Waals surface area contributed by atoms with Gasteiger partial charge < -0.3 is 10.1 Å². The van der Waals surface area contributed by atoms with E-state index >= 15 is 0 Å². The number of amides is 1. The van der Waals surface area contributed by atoms with E-state index in [0.717, 1.165) is 31.5 Å². The van der Waals surface area contributed by atoms with E-state index < -0.39 is 0 Å². The lowest BCUT2D eigenvalue weighted by atomic mass is 10.1. The quantitative estimate of drug-likeness (QED) is 0.874. The van der Waals surface area contributed by atoms with Gasteiger partial charge in [0.25, 0.3) is 5.91 Å². The first kappa shape index (κ1) is 17.1. The van der Waals surface area contributed by atoms with Crippen molar-refractivity contribution in [1.29, 1.82) is 0 Å². The minimum Gasteiger partial charge on any atom is -0.494 e. The van der Waals surface area contributed by atoms with Crippen LogP contribution in [0.5, 0.6) is 5.75 Å². The Morgan fingerprint density at radius 3 is 2.86 bits per heavy atom. The average molecular weight is 325 g/mol. The molecule has 5 heteroatoms. The maximum Gasteiger partial charge on any atom is 0.255 e. The summed E-state index contributed by atoms with van der Waals surface area (Å²) in [6.45, 7) is 7.02. The van der Waals surface area contributed by atoms with Gasteiger partial charge in [-0.2, -0.15) is 0 Å². The van der Waals surface area contributed by atoms with Crippen molar-refractivity contribution in [2.24, 2.45) is 0 Å². The van der Waals surface area contributed by atoms with Gasteiger partial charge in [0.15, 0.2) is 0 Å². The topological polar surface area (TPSA) is 41.6 Å². The second kappa shape index (κ2) is 7.84. The third-order valence-electron chi connectivity index (χ3n) is 4.36. The van der Waals surface area contributed by atoms with Crippen molar-refractivity contribution >= 4 is 17.5 Å². The van der Waals surface area contributed by atoms with Crippen LogP contribution in [0, 0.1) is 0 Å². The van der Waals surface area contributed by atoms with Gasteiger partial charge in [0, 0.05) is 12.6 Å². The molecule has 0 spiro atoms. The van der Waals surface area contributed by atoms with Crippen LogP contribution in [0.15, 0.2) is 12.1 Å². The Labute approximate surface area is 137 Å². The Balaban J connectivity index is 2.10. The maximum absolute atomic E-state index is 12.5. The van der Waals surface area contributed by atoms with Crippen LogP contribution in [0.3, 0.4) is 0 Å². The Bertz CT molecular complexity index is 534. The predicted octanol–water partition coefficient (Wildman–Crippen LogP) is 3.13. The SMILES string of the molecule is CCc1cc(Cl)c(OC)c(C(=O)NC[C@@H]2CCCN2CC)c1. The maximum atomic E-state index is 12.5. The summed E-state index contributed by atoms with van der Waals surface area (Å²) in [6.07, 6.45) is 3.17. The van der Waals surface area contributed by atoms with E-state index in [-0.39, 0.29) is 5.91 Å². The summed E-state index contributed by atoms with van der Waals surface area (Å²) >= 11 is 6.22. The molecule has 1 N–H and O–H groups in total. The number of nitrogens with zero attached hydrogens (tertiary/aromatic N) is 1. The van der Waals surface area contributed by atoms with E-state index in [1.807, 2.05) is 19.1 Å². The molecule has 1 heterocycles. The number of carbonyl (C=O) groups excluding carboxylic acids is 1. The van der Waals surface area contributed by atoms with Crippen molar-refractivity contribution in [3.05, 3.63) is 28.3 Å². The second-order valence-corrected chi connectivity index (χ2v) is 6.05. The summed E-state index contributed by atoms with van der Waals surface area (Å²) in [6, 6.07) is 4.16. The molecule has 22 heavy (non-hydrogen) atoms. The van der Waals surface area contributed by atoms with Crippen LogP contribution in [-0.4, -0.2) is 43.6 Å². The fraction of sp³-hybridized carbons (Fsp3) is 0.588. The number of hydrogen-bond acceptors (Lipinski definition) is 3. The minimum absolute atomic E-state index is 0.114. The van der Waals surface area contributed by atoms with Crippen molar-refractivity contribution in [3.63, 3.8) is 0 Å². The van der Waals surface area contributed by atoms with Crippen molar-refractivity contribution in [3.8, 4) is 5.75 Å². The number of hydrogen-bond donors (Lipinski definition) is 1. The van der Waals surface area contributed by atoms with Gasteiger partial charge in [0.2, 0.25) is 0 Å². The van der Waals surface area contributed by atoms with Gasteiger partial charge in [-0.25, -0.2) is 0 Å². The molecule has 1 aromatic rings.